The summed E-state index contributed by atoms with van der Waals surface area (Å²) < 4.78 is 26.8. The molecule has 17 heavy (non-hydrogen) atoms. The molecule has 0 aliphatic heterocycles. The minimum Gasteiger partial charge on any atom is -0.396 e. The van der Waals surface area contributed by atoms with E-state index >= 15 is 0 Å². The molecule has 0 aliphatic carbocycles. The highest BCUT2D eigenvalue weighted by atomic mass is 19.3. The molecule has 0 saturated carbocycles. The number of aliphatic hydroxyl groups is 2. The molecule has 0 unspecified atom stereocenters. The largest absolute Gasteiger partial charge is 0.396 e. The molecule has 0 amide bonds. The van der Waals surface area contributed by atoms with Crippen LogP contribution in [0.25, 0.3) is 0 Å². The molecule has 98 valence electrons. The van der Waals surface area contributed by atoms with E-state index in [1.165, 1.54) is 4.68 Å². The third-order valence-electron chi connectivity index (χ3n) is 2.05. The third-order valence-corrected chi connectivity index (χ3v) is 2.05. The van der Waals surface area contributed by atoms with Crippen molar-refractivity contribution in [1.29, 1.82) is 0 Å². The van der Waals surface area contributed by atoms with Crippen molar-refractivity contribution >= 4 is 0 Å². The number of nitrogens with one attached hydrogen (secondary N) is 1. The van der Waals surface area contributed by atoms with E-state index in [0.717, 1.165) is 0 Å². The smallest absolute Gasteiger partial charge is 0.282 e. The maximum Gasteiger partial charge on any atom is 0.282 e. The minimum atomic E-state index is -3.12. The Morgan fingerprint density at radius 1 is 1.41 bits per heavy atom. The summed E-state index contributed by atoms with van der Waals surface area (Å²) in [5, 5.41) is 27.0. The molecule has 6 nitrogen and oxygen atoms in total. The first kappa shape index (κ1) is 13.9. The van der Waals surface area contributed by atoms with Crippen molar-refractivity contribution < 1.29 is 19.0 Å². The van der Waals surface area contributed by atoms with Crippen LogP contribution in [-0.4, -0.2) is 50.9 Å². The molecule has 1 aromatic heterocycles. The number of halogens is 2. The van der Waals surface area contributed by atoms with Gasteiger partial charge in [-0.05, 0) is 6.42 Å². The molecular formula is C9H16F2N4O2. The molecule has 3 N–H and O–H groups in total. The van der Waals surface area contributed by atoms with Gasteiger partial charge in [0.05, 0.1) is 12.2 Å². The highest BCUT2D eigenvalue weighted by Crippen LogP contribution is 2.09. The zero-order valence-corrected chi connectivity index (χ0v) is 9.31. The molecule has 0 saturated heterocycles. The molecule has 8 heteroatoms. The maximum atomic E-state index is 12.6. The second-order valence-corrected chi connectivity index (χ2v) is 3.67. The van der Waals surface area contributed by atoms with Gasteiger partial charge in [-0.1, -0.05) is 5.21 Å². The zero-order valence-electron chi connectivity index (χ0n) is 9.31. The fourth-order valence-electron chi connectivity index (χ4n) is 1.19. The van der Waals surface area contributed by atoms with Crippen molar-refractivity contribution in [1.82, 2.24) is 20.3 Å². The van der Waals surface area contributed by atoms with Crippen molar-refractivity contribution in [3.63, 3.8) is 0 Å². The Morgan fingerprint density at radius 3 is 2.82 bits per heavy atom. The van der Waals surface area contributed by atoms with Crippen LogP contribution in [0.5, 0.6) is 0 Å². The average Bonchev–Trinajstić information content (AvgIpc) is 2.74. The van der Waals surface area contributed by atoms with E-state index in [1.54, 1.807) is 6.20 Å². The summed E-state index contributed by atoms with van der Waals surface area (Å²) in [5.41, 5.74) is 0.539. The lowest BCUT2D eigenvalue weighted by atomic mass is 10.3. The SMILES string of the molecule is OCCCn1cc(CNCC(F)(F)CO)nn1. The summed E-state index contributed by atoms with van der Waals surface area (Å²) in [6, 6.07) is 0. The van der Waals surface area contributed by atoms with E-state index in [2.05, 4.69) is 15.6 Å². The number of aliphatic hydroxyl groups excluding tert-OH is 2. The van der Waals surface area contributed by atoms with Gasteiger partial charge in [-0.3, -0.25) is 4.68 Å². The summed E-state index contributed by atoms with van der Waals surface area (Å²) in [4.78, 5) is 0. The quantitative estimate of drug-likeness (QED) is 0.572. The van der Waals surface area contributed by atoms with Crippen molar-refractivity contribution in [2.24, 2.45) is 0 Å². The van der Waals surface area contributed by atoms with Crippen LogP contribution in [0.4, 0.5) is 8.78 Å². The Hall–Kier alpha value is -1.12. The third kappa shape index (κ3) is 5.16. The highest BCUT2D eigenvalue weighted by molar-refractivity contribution is 4.91. The van der Waals surface area contributed by atoms with Crippen LogP contribution in [0.15, 0.2) is 6.20 Å². The van der Waals surface area contributed by atoms with Crippen LogP contribution >= 0.6 is 0 Å². The molecule has 1 heterocycles. The molecule has 0 bridgehead atoms. The number of aryl methyl sites for hydroxylation is 1. The van der Waals surface area contributed by atoms with Crippen molar-refractivity contribution in [3.05, 3.63) is 11.9 Å². The first-order valence-electron chi connectivity index (χ1n) is 5.26. The standard InChI is InChI=1S/C9H16F2N4O2/c10-9(11,7-17)6-12-4-8-5-15(14-13-8)2-1-3-16/h5,12,16-17H,1-4,6-7H2. The predicted octanol–water partition coefficient (Wildman–Crippen LogP) is -0.622. The topological polar surface area (TPSA) is 83.2 Å². The molecule has 0 fully saturated rings. The van der Waals surface area contributed by atoms with E-state index < -0.39 is 19.1 Å². The molecule has 0 radical (unpaired) electrons. The van der Waals surface area contributed by atoms with Gasteiger partial charge in [-0.25, -0.2) is 8.78 Å². The normalized spacial score (nSPS) is 12.0. The van der Waals surface area contributed by atoms with Gasteiger partial charge in [0.1, 0.15) is 6.61 Å². The molecule has 0 spiro atoms. The molecule has 1 aromatic rings. The summed E-state index contributed by atoms with van der Waals surface area (Å²) in [6.07, 6.45) is 2.19. The lowest BCUT2D eigenvalue weighted by molar-refractivity contribution is -0.0478. The van der Waals surface area contributed by atoms with E-state index in [1.807, 2.05) is 0 Å². The van der Waals surface area contributed by atoms with Crippen LogP contribution < -0.4 is 5.32 Å². The second kappa shape index (κ2) is 6.58. The summed E-state index contributed by atoms with van der Waals surface area (Å²) in [5.74, 6) is -3.12. The number of hydrogen-bond donors (Lipinski definition) is 3. The van der Waals surface area contributed by atoms with Gasteiger partial charge in [0, 0.05) is 25.9 Å². The lowest BCUT2D eigenvalue weighted by Gasteiger charge is -2.12. The van der Waals surface area contributed by atoms with Crippen LogP contribution in [0.3, 0.4) is 0 Å². The fourth-order valence-corrected chi connectivity index (χ4v) is 1.19. The van der Waals surface area contributed by atoms with Gasteiger partial charge < -0.3 is 15.5 Å². The van der Waals surface area contributed by atoms with Crippen LogP contribution in [0, 0.1) is 0 Å². The number of hydrogen-bond acceptors (Lipinski definition) is 5. The number of nitrogens with zero attached hydrogens (tertiary/aromatic N) is 3. The molecular weight excluding hydrogens is 234 g/mol. The second-order valence-electron chi connectivity index (χ2n) is 3.67. The monoisotopic (exact) mass is 250 g/mol. The Morgan fingerprint density at radius 2 is 2.18 bits per heavy atom. The van der Waals surface area contributed by atoms with Crippen molar-refractivity contribution in [2.45, 2.75) is 25.4 Å². The summed E-state index contributed by atoms with van der Waals surface area (Å²) in [7, 11) is 0. The first-order valence-corrected chi connectivity index (χ1v) is 5.26. The number of aromatic nitrogens is 3. The van der Waals surface area contributed by atoms with Gasteiger partial charge in [0.2, 0.25) is 0 Å². The van der Waals surface area contributed by atoms with Gasteiger partial charge in [0.15, 0.2) is 0 Å². The molecule has 1 rings (SSSR count). The molecule has 0 aliphatic rings. The van der Waals surface area contributed by atoms with Crippen LogP contribution in [0.2, 0.25) is 0 Å². The van der Waals surface area contributed by atoms with E-state index in [-0.39, 0.29) is 13.2 Å². The van der Waals surface area contributed by atoms with Crippen molar-refractivity contribution in [2.75, 3.05) is 19.8 Å². The number of alkyl halides is 2. The molecule has 0 aromatic carbocycles. The van der Waals surface area contributed by atoms with E-state index in [0.29, 0.717) is 18.7 Å². The Balaban J connectivity index is 2.30. The highest BCUT2D eigenvalue weighted by Gasteiger charge is 2.26. The number of rotatable bonds is 8. The van der Waals surface area contributed by atoms with E-state index in [9.17, 15) is 8.78 Å². The minimum absolute atomic E-state index is 0.0656. The lowest BCUT2D eigenvalue weighted by Crippen LogP contribution is -2.35. The Kier molecular flexibility index (Phi) is 5.39. The van der Waals surface area contributed by atoms with Gasteiger partial charge in [-0.2, -0.15) is 0 Å². The van der Waals surface area contributed by atoms with Gasteiger partial charge in [0.25, 0.3) is 5.92 Å². The zero-order chi connectivity index (χ0) is 12.7. The summed E-state index contributed by atoms with van der Waals surface area (Å²) >= 11 is 0. The average molecular weight is 250 g/mol. The molecule has 0 atom stereocenters. The Labute approximate surface area is 97.3 Å². The van der Waals surface area contributed by atoms with E-state index in [4.69, 9.17) is 10.2 Å². The van der Waals surface area contributed by atoms with Gasteiger partial charge >= 0.3 is 0 Å². The predicted molar refractivity (Wildman–Crippen MR) is 55.5 cm³/mol. The fraction of sp³-hybridized carbons (Fsp3) is 0.778. The van der Waals surface area contributed by atoms with Crippen LogP contribution in [0.1, 0.15) is 12.1 Å². The maximum absolute atomic E-state index is 12.6. The van der Waals surface area contributed by atoms with Crippen molar-refractivity contribution in [3.8, 4) is 0 Å². The first-order chi connectivity index (χ1) is 8.07. The van der Waals surface area contributed by atoms with Crippen LogP contribution in [-0.2, 0) is 13.1 Å². The Bertz CT molecular complexity index is 333. The summed E-state index contributed by atoms with van der Waals surface area (Å²) in [6.45, 7) is -1.02. The van der Waals surface area contributed by atoms with Gasteiger partial charge in [-0.15, -0.1) is 5.10 Å².